The lowest BCUT2D eigenvalue weighted by Gasteiger charge is -2.33. The van der Waals surface area contributed by atoms with Crippen molar-refractivity contribution in [1.82, 2.24) is 25.1 Å². The van der Waals surface area contributed by atoms with Crippen LogP contribution in [0.4, 0.5) is 13.6 Å². The number of amides is 3. The van der Waals surface area contributed by atoms with Gasteiger partial charge < -0.3 is 35.1 Å². The number of nitrogens with two attached hydrogens (primary N) is 1. The highest BCUT2D eigenvalue weighted by Gasteiger charge is 2.34. The van der Waals surface area contributed by atoms with E-state index in [2.05, 4.69) is 29.1 Å². The molecule has 0 spiro atoms. The van der Waals surface area contributed by atoms with Crippen LogP contribution in [0, 0.1) is 23.5 Å². The Balaban J connectivity index is 0.000000243. The summed E-state index contributed by atoms with van der Waals surface area (Å²) in [6.45, 7) is 23.7. The van der Waals surface area contributed by atoms with Gasteiger partial charge in [0.2, 0.25) is 0 Å². The highest BCUT2D eigenvalue weighted by Crippen LogP contribution is 2.35. The fourth-order valence-electron chi connectivity index (χ4n) is 8.18. The van der Waals surface area contributed by atoms with Crippen LogP contribution < -0.4 is 20.5 Å². The zero-order chi connectivity index (χ0) is 46.4. The topological polar surface area (TPSA) is 149 Å². The summed E-state index contributed by atoms with van der Waals surface area (Å²) in [7, 11) is 0. The Morgan fingerprint density at radius 3 is 1.57 bits per heavy atom. The number of carbonyl (C=O) groups excluding carboxylic acids is 3. The molecule has 2 atom stereocenters. The molecule has 0 radical (unpaired) electrons. The third-order valence-electron chi connectivity index (χ3n) is 10.6. The molecule has 3 amide bonds. The zero-order valence-corrected chi connectivity index (χ0v) is 38.7. The van der Waals surface area contributed by atoms with Crippen LogP contribution in [0.5, 0.6) is 11.5 Å². The molecular formula is C49H64F2N6O6. The van der Waals surface area contributed by atoms with Gasteiger partial charge in [-0.3, -0.25) is 19.6 Å². The standard InChI is InChI=1S/C27H36FN3O4.C22H28FN3O2/c1-8-31-15-21-23(24(31)32)19(11-12-29-21)18-9-10-22(20(28)13-18)34-16-27(7,14-17(2)3)30-25(33)35-26(4,5)6;1-5-26-12-18-20(21(26)27)16(8-9-25-18)15-6-7-19(17(23)10-15)28-13-22(4,24)11-14(2)3/h9-13,17H,8,14-16H2,1-7H3,(H,30,33);6-10,14H,5,11-13,24H2,1-4H3/t27-;22-/m00/s1. The minimum absolute atomic E-state index is 0.0612. The Kier molecular flexibility index (Phi) is 15.2. The van der Waals surface area contributed by atoms with Crippen LogP contribution in [-0.2, 0) is 17.8 Å². The number of hydrogen-bond acceptors (Lipinski definition) is 9. The normalized spacial score (nSPS) is 15.4. The second kappa shape index (κ2) is 19.8. The number of rotatable bonds is 15. The van der Waals surface area contributed by atoms with Crippen molar-refractivity contribution in [3.63, 3.8) is 0 Å². The van der Waals surface area contributed by atoms with Crippen molar-refractivity contribution in [3.05, 3.63) is 95.1 Å². The van der Waals surface area contributed by atoms with Crippen LogP contribution in [0.1, 0.15) is 121 Å². The number of aromatic nitrogens is 2. The summed E-state index contributed by atoms with van der Waals surface area (Å²) in [5, 5.41) is 2.89. The minimum atomic E-state index is -0.760. The number of benzene rings is 2. The Labute approximate surface area is 370 Å². The molecule has 0 unspecified atom stereocenters. The third-order valence-corrected chi connectivity index (χ3v) is 10.6. The van der Waals surface area contributed by atoms with Gasteiger partial charge in [-0.05, 0) is 132 Å². The van der Waals surface area contributed by atoms with Crippen LogP contribution in [-0.4, -0.2) is 80.7 Å². The molecule has 0 saturated heterocycles. The van der Waals surface area contributed by atoms with E-state index in [1.165, 1.54) is 12.1 Å². The first kappa shape index (κ1) is 48.4. The van der Waals surface area contributed by atoms with Crippen LogP contribution in [0.3, 0.4) is 0 Å². The van der Waals surface area contributed by atoms with Gasteiger partial charge >= 0.3 is 6.09 Å². The van der Waals surface area contributed by atoms with Gasteiger partial charge in [-0.1, -0.05) is 39.8 Å². The van der Waals surface area contributed by atoms with E-state index in [0.29, 0.717) is 77.6 Å². The largest absolute Gasteiger partial charge is 0.489 e. The average molecular weight is 871 g/mol. The molecule has 63 heavy (non-hydrogen) atoms. The van der Waals surface area contributed by atoms with Gasteiger partial charge in [0.05, 0.1) is 41.1 Å². The predicted octanol–water partition coefficient (Wildman–Crippen LogP) is 9.58. The van der Waals surface area contributed by atoms with E-state index in [1.54, 1.807) is 79.4 Å². The predicted molar refractivity (Wildman–Crippen MR) is 240 cm³/mol. The first-order valence-electron chi connectivity index (χ1n) is 21.7. The van der Waals surface area contributed by atoms with Crippen LogP contribution in [0.15, 0.2) is 60.9 Å². The van der Waals surface area contributed by atoms with Crippen molar-refractivity contribution in [1.29, 1.82) is 0 Å². The molecule has 2 aliphatic rings. The van der Waals surface area contributed by atoms with E-state index in [0.717, 1.165) is 12.1 Å². The second-order valence-electron chi connectivity index (χ2n) is 18.9. The molecule has 0 aliphatic carbocycles. The summed E-state index contributed by atoms with van der Waals surface area (Å²) in [5.41, 5.74) is 9.40. The molecule has 14 heteroatoms. The van der Waals surface area contributed by atoms with Crippen molar-refractivity contribution in [2.75, 3.05) is 26.3 Å². The maximum Gasteiger partial charge on any atom is 0.408 e. The van der Waals surface area contributed by atoms with Gasteiger partial charge in [0.1, 0.15) is 18.8 Å². The molecule has 340 valence electrons. The van der Waals surface area contributed by atoms with Crippen molar-refractivity contribution in [3.8, 4) is 33.8 Å². The number of alkyl carbamates (subject to hydrolysis) is 1. The summed E-state index contributed by atoms with van der Waals surface area (Å²) in [6.07, 6.45) is 4.16. The van der Waals surface area contributed by atoms with Gasteiger partial charge in [0, 0.05) is 31.0 Å². The van der Waals surface area contributed by atoms with E-state index >= 15 is 4.39 Å². The Morgan fingerprint density at radius 1 is 0.730 bits per heavy atom. The number of nitrogens with one attached hydrogen (secondary N) is 1. The zero-order valence-electron chi connectivity index (χ0n) is 38.7. The fourth-order valence-corrected chi connectivity index (χ4v) is 8.18. The molecule has 3 N–H and O–H groups in total. The number of carbonyl (C=O) groups is 3. The highest BCUT2D eigenvalue weighted by atomic mass is 19.1. The molecule has 2 aliphatic heterocycles. The molecule has 6 rings (SSSR count). The van der Waals surface area contributed by atoms with Crippen LogP contribution >= 0.6 is 0 Å². The monoisotopic (exact) mass is 870 g/mol. The Hall–Kier alpha value is -5.63. The maximum atomic E-state index is 15.1. The number of halogens is 2. The number of pyridine rings is 2. The lowest BCUT2D eigenvalue weighted by atomic mass is 9.91. The SMILES string of the molecule is CCN1Cc2nccc(-c3ccc(OC[C@@](C)(N)CC(C)C)c(F)c3)c2C1=O.CCN1Cc2nccc(-c3ccc(OC[C@](C)(CC(C)C)NC(=O)OC(C)(C)C)c(F)c3)c2C1=O. The molecule has 4 heterocycles. The first-order valence-corrected chi connectivity index (χ1v) is 21.7. The molecule has 2 aromatic carbocycles. The molecule has 12 nitrogen and oxygen atoms in total. The van der Waals surface area contributed by atoms with Gasteiger partial charge in [-0.2, -0.15) is 0 Å². The third kappa shape index (κ3) is 12.3. The van der Waals surface area contributed by atoms with E-state index in [1.807, 2.05) is 41.5 Å². The summed E-state index contributed by atoms with van der Waals surface area (Å²) in [6, 6.07) is 12.9. The Bertz CT molecular complexity index is 2290. The van der Waals surface area contributed by atoms with Crippen molar-refractivity contribution >= 4 is 17.9 Å². The fraction of sp³-hybridized carbons (Fsp3) is 0.490. The molecule has 0 saturated carbocycles. The van der Waals surface area contributed by atoms with Crippen LogP contribution in [0.2, 0.25) is 0 Å². The summed E-state index contributed by atoms with van der Waals surface area (Å²) in [4.78, 5) is 49.9. The van der Waals surface area contributed by atoms with Gasteiger partial charge in [0.15, 0.2) is 23.1 Å². The van der Waals surface area contributed by atoms with E-state index in [9.17, 15) is 18.8 Å². The van der Waals surface area contributed by atoms with Crippen molar-refractivity contribution in [2.24, 2.45) is 17.6 Å². The quantitative estimate of drug-likeness (QED) is 0.119. The summed E-state index contributed by atoms with van der Waals surface area (Å²) >= 11 is 0. The van der Waals surface area contributed by atoms with Gasteiger partial charge in [-0.15, -0.1) is 0 Å². The average Bonchev–Trinajstić information content (AvgIpc) is 3.70. The van der Waals surface area contributed by atoms with Crippen molar-refractivity contribution < 1.29 is 37.4 Å². The van der Waals surface area contributed by atoms with Gasteiger partial charge in [-0.25, -0.2) is 13.6 Å². The van der Waals surface area contributed by atoms with Gasteiger partial charge in [0.25, 0.3) is 11.8 Å². The number of ether oxygens (including phenoxy) is 3. The van der Waals surface area contributed by atoms with E-state index < -0.39 is 34.4 Å². The molecule has 4 aromatic rings. The maximum absolute atomic E-state index is 15.1. The number of nitrogens with zero attached hydrogens (tertiary/aromatic N) is 4. The first-order chi connectivity index (χ1) is 29.5. The lowest BCUT2D eigenvalue weighted by molar-refractivity contribution is 0.0406. The molecule has 2 aromatic heterocycles. The highest BCUT2D eigenvalue weighted by molar-refractivity contribution is 6.04. The molecule has 0 fully saturated rings. The summed E-state index contributed by atoms with van der Waals surface area (Å²) < 4.78 is 46.7. The van der Waals surface area contributed by atoms with E-state index in [4.69, 9.17) is 19.9 Å². The smallest absolute Gasteiger partial charge is 0.408 e. The Morgan fingerprint density at radius 2 is 1.17 bits per heavy atom. The molecular weight excluding hydrogens is 807 g/mol. The lowest BCUT2D eigenvalue weighted by Crippen LogP contribution is -2.52. The van der Waals surface area contributed by atoms with Crippen molar-refractivity contribution in [2.45, 2.75) is 119 Å². The van der Waals surface area contributed by atoms with Crippen LogP contribution in [0.25, 0.3) is 22.3 Å². The second-order valence-corrected chi connectivity index (χ2v) is 18.9. The molecule has 0 bridgehead atoms. The number of fused-ring (bicyclic) bond motifs is 2. The van der Waals surface area contributed by atoms with E-state index in [-0.39, 0.29) is 42.4 Å². The number of hydrogen-bond donors (Lipinski definition) is 2. The minimum Gasteiger partial charge on any atom is -0.489 e. The summed E-state index contributed by atoms with van der Waals surface area (Å²) in [5.74, 6) is -0.243.